The number of hydrogen-bond donors (Lipinski definition) is 2. The van der Waals surface area contributed by atoms with E-state index in [4.69, 9.17) is 16.3 Å². The number of carbonyl (C=O) groups is 1. The summed E-state index contributed by atoms with van der Waals surface area (Å²) in [6.07, 6.45) is 0. The predicted octanol–water partition coefficient (Wildman–Crippen LogP) is 4.37. The van der Waals surface area contributed by atoms with Crippen LogP contribution in [0.25, 0.3) is 0 Å². The molecule has 2 amide bonds. The molecule has 0 aliphatic rings. The van der Waals surface area contributed by atoms with Crippen LogP contribution >= 0.6 is 11.6 Å². The van der Waals surface area contributed by atoms with Gasteiger partial charge in [-0.3, -0.25) is 0 Å². The van der Waals surface area contributed by atoms with Crippen LogP contribution in [0.4, 0.5) is 10.5 Å². The topological polar surface area (TPSA) is 50.4 Å². The van der Waals surface area contributed by atoms with Crippen LogP contribution in [0.2, 0.25) is 5.02 Å². The maximum absolute atomic E-state index is 11.9. The Kier molecular flexibility index (Phi) is 5.67. The quantitative estimate of drug-likeness (QED) is 0.860. The van der Waals surface area contributed by atoms with E-state index in [0.717, 1.165) is 5.56 Å². The highest BCUT2D eigenvalue weighted by molar-refractivity contribution is 6.32. The number of hydrogen-bond acceptors (Lipinski definition) is 2. The first-order valence-corrected chi connectivity index (χ1v) is 7.49. The number of benzene rings is 2. The fourth-order valence-electron chi connectivity index (χ4n) is 1.91. The van der Waals surface area contributed by atoms with Crippen LogP contribution in [0, 0.1) is 6.92 Å². The summed E-state index contributed by atoms with van der Waals surface area (Å²) in [5.41, 5.74) is 2.86. The zero-order valence-electron chi connectivity index (χ0n) is 12.7. The maximum Gasteiger partial charge on any atom is 0.319 e. The molecule has 2 rings (SSSR count). The fraction of sp³-hybridized carbons (Fsp3) is 0.235. The standard InChI is InChI=1S/C17H19ClN2O2/c1-3-22-16-9-8-14(10-15(16)18)20-17(21)19-11-13-6-4-12(2)5-7-13/h4-10H,3,11H2,1-2H3,(H2,19,20,21). The van der Waals surface area contributed by atoms with Crippen molar-refractivity contribution in [3.63, 3.8) is 0 Å². The first-order chi connectivity index (χ1) is 10.6. The zero-order chi connectivity index (χ0) is 15.9. The van der Waals surface area contributed by atoms with E-state index in [-0.39, 0.29) is 6.03 Å². The zero-order valence-corrected chi connectivity index (χ0v) is 13.4. The van der Waals surface area contributed by atoms with Gasteiger partial charge in [0.2, 0.25) is 0 Å². The number of aryl methyl sites for hydroxylation is 1. The van der Waals surface area contributed by atoms with Crippen molar-refractivity contribution in [2.45, 2.75) is 20.4 Å². The van der Waals surface area contributed by atoms with Gasteiger partial charge in [-0.2, -0.15) is 0 Å². The average Bonchev–Trinajstić information content (AvgIpc) is 2.50. The van der Waals surface area contributed by atoms with Crippen LogP contribution in [0.3, 0.4) is 0 Å². The van der Waals surface area contributed by atoms with Crippen LogP contribution in [-0.2, 0) is 6.54 Å². The summed E-state index contributed by atoms with van der Waals surface area (Å²) in [5.74, 6) is 0.606. The molecule has 0 saturated carbocycles. The molecule has 0 radical (unpaired) electrons. The summed E-state index contributed by atoms with van der Waals surface area (Å²) in [7, 11) is 0. The highest BCUT2D eigenvalue weighted by Crippen LogP contribution is 2.27. The Morgan fingerprint density at radius 3 is 2.55 bits per heavy atom. The Morgan fingerprint density at radius 1 is 1.18 bits per heavy atom. The molecule has 0 atom stereocenters. The minimum atomic E-state index is -0.277. The summed E-state index contributed by atoms with van der Waals surface area (Å²) < 4.78 is 5.35. The van der Waals surface area contributed by atoms with Gasteiger partial charge in [-0.05, 0) is 37.6 Å². The third-order valence-electron chi connectivity index (χ3n) is 3.06. The second-order valence-electron chi connectivity index (χ2n) is 4.87. The number of ether oxygens (including phenoxy) is 1. The molecule has 4 nitrogen and oxygen atoms in total. The lowest BCUT2D eigenvalue weighted by molar-refractivity contribution is 0.251. The lowest BCUT2D eigenvalue weighted by atomic mass is 10.1. The van der Waals surface area contributed by atoms with Crippen LogP contribution < -0.4 is 15.4 Å². The summed E-state index contributed by atoms with van der Waals surface area (Å²) >= 11 is 6.08. The third kappa shape index (κ3) is 4.67. The van der Waals surface area contributed by atoms with Gasteiger partial charge in [0.15, 0.2) is 0 Å². The van der Waals surface area contributed by atoms with Gasteiger partial charge in [0.05, 0.1) is 11.6 Å². The second kappa shape index (κ2) is 7.71. The van der Waals surface area contributed by atoms with E-state index in [9.17, 15) is 4.79 Å². The summed E-state index contributed by atoms with van der Waals surface area (Å²) in [4.78, 5) is 11.9. The van der Waals surface area contributed by atoms with E-state index in [2.05, 4.69) is 10.6 Å². The molecule has 0 fully saturated rings. The lowest BCUT2D eigenvalue weighted by Crippen LogP contribution is -2.28. The minimum Gasteiger partial charge on any atom is -0.492 e. The molecule has 0 aliphatic carbocycles. The first-order valence-electron chi connectivity index (χ1n) is 7.11. The van der Waals surface area contributed by atoms with E-state index in [0.29, 0.717) is 29.6 Å². The van der Waals surface area contributed by atoms with Crippen LogP contribution in [-0.4, -0.2) is 12.6 Å². The normalized spacial score (nSPS) is 10.1. The van der Waals surface area contributed by atoms with Crippen LogP contribution in [0.15, 0.2) is 42.5 Å². The van der Waals surface area contributed by atoms with Crippen molar-refractivity contribution in [1.82, 2.24) is 5.32 Å². The summed E-state index contributed by atoms with van der Waals surface area (Å²) in [6.45, 7) is 4.93. The molecule has 0 heterocycles. The lowest BCUT2D eigenvalue weighted by Gasteiger charge is -2.10. The summed E-state index contributed by atoms with van der Waals surface area (Å²) in [6, 6.07) is 12.9. The molecular formula is C17H19ClN2O2. The molecule has 5 heteroatoms. The molecule has 2 N–H and O–H groups in total. The SMILES string of the molecule is CCOc1ccc(NC(=O)NCc2ccc(C)cc2)cc1Cl. The smallest absolute Gasteiger partial charge is 0.319 e. The monoisotopic (exact) mass is 318 g/mol. The number of rotatable bonds is 5. The molecular weight excluding hydrogens is 300 g/mol. The number of nitrogens with one attached hydrogen (secondary N) is 2. The Balaban J connectivity index is 1.89. The molecule has 0 aromatic heterocycles. The second-order valence-corrected chi connectivity index (χ2v) is 5.28. The Morgan fingerprint density at radius 2 is 1.91 bits per heavy atom. The van der Waals surface area contributed by atoms with Gasteiger partial charge >= 0.3 is 6.03 Å². The molecule has 22 heavy (non-hydrogen) atoms. The fourth-order valence-corrected chi connectivity index (χ4v) is 2.15. The molecule has 2 aromatic rings. The maximum atomic E-state index is 11.9. The van der Waals surface area contributed by atoms with Crippen molar-refractivity contribution in [2.75, 3.05) is 11.9 Å². The van der Waals surface area contributed by atoms with Crippen molar-refractivity contribution >= 4 is 23.3 Å². The van der Waals surface area contributed by atoms with E-state index >= 15 is 0 Å². The van der Waals surface area contributed by atoms with Crippen molar-refractivity contribution in [1.29, 1.82) is 0 Å². The van der Waals surface area contributed by atoms with E-state index in [1.807, 2.05) is 38.1 Å². The Hall–Kier alpha value is -2.20. The van der Waals surface area contributed by atoms with Gasteiger partial charge in [0, 0.05) is 12.2 Å². The van der Waals surface area contributed by atoms with Gasteiger partial charge in [0.25, 0.3) is 0 Å². The first kappa shape index (κ1) is 16.2. The van der Waals surface area contributed by atoms with E-state index < -0.39 is 0 Å². The molecule has 0 saturated heterocycles. The molecule has 0 unspecified atom stereocenters. The van der Waals surface area contributed by atoms with Crippen molar-refractivity contribution < 1.29 is 9.53 Å². The van der Waals surface area contributed by atoms with Gasteiger partial charge in [-0.1, -0.05) is 41.4 Å². The molecule has 0 spiro atoms. The Bertz CT molecular complexity index is 642. The number of amides is 2. The molecule has 2 aromatic carbocycles. The van der Waals surface area contributed by atoms with E-state index in [1.54, 1.807) is 18.2 Å². The van der Waals surface area contributed by atoms with Gasteiger partial charge < -0.3 is 15.4 Å². The number of halogens is 1. The van der Waals surface area contributed by atoms with Crippen LogP contribution in [0.1, 0.15) is 18.1 Å². The van der Waals surface area contributed by atoms with Crippen LogP contribution in [0.5, 0.6) is 5.75 Å². The van der Waals surface area contributed by atoms with Crippen molar-refractivity contribution in [3.8, 4) is 5.75 Å². The largest absolute Gasteiger partial charge is 0.492 e. The van der Waals surface area contributed by atoms with Gasteiger partial charge in [0.1, 0.15) is 5.75 Å². The average molecular weight is 319 g/mol. The molecule has 116 valence electrons. The van der Waals surface area contributed by atoms with Crippen molar-refractivity contribution in [3.05, 3.63) is 58.6 Å². The molecule has 0 bridgehead atoms. The predicted molar refractivity (Wildman–Crippen MR) is 89.7 cm³/mol. The summed E-state index contributed by atoms with van der Waals surface area (Å²) in [5, 5.41) is 6.02. The number of anilines is 1. The Labute approximate surface area is 135 Å². The molecule has 0 aliphatic heterocycles. The van der Waals surface area contributed by atoms with Crippen molar-refractivity contribution in [2.24, 2.45) is 0 Å². The number of urea groups is 1. The highest BCUT2D eigenvalue weighted by Gasteiger charge is 2.06. The minimum absolute atomic E-state index is 0.277. The third-order valence-corrected chi connectivity index (χ3v) is 3.36. The van der Waals surface area contributed by atoms with Gasteiger partial charge in [-0.25, -0.2) is 4.79 Å². The van der Waals surface area contributed by atoms with Gasteiger partial charge in [-0.15, -0.1) is 0 Å². The highest BCUT2D eigenvalue weighted by atomic mass is 35.5. The van der Waals surface area contributed by atoms with E-state index in [1.165, 1.54) is 5.56 Å². The number of carbonyl (C=O) groups excluding carboxylic acids is 1.